The maximum atomic E-state index is 11.1. The Morgan fingerprint density at radius 3 is 2.73 bits per heavy atom. The molecule has 1 aliphatic carbocycles. The molecule has 88 valence electrons. The summed E-state index contributed by atoms with van der Waals surface area (Å²) in [4.78, 5) is 11.1. The van der Waals surface area contributed by atoms with E-state index < -0.39 is 0 Å². The summed E-state index contributed by atoms with van der Waals surface area (Å²) in [5, 5.41) is 0. The summed E-state index contributed by atoms with van der Waals surface area (Å²) in [6, 6.07) is 0. The van der Waals surface area contributed by atoms with Crippen LogP contribution in [0.25, 0.3) is 0 Å². The summed E-state index contributed by atoms with van der Waals surface area (Å²) in [5.41, 5.74) is 0. The van der Waals surface area contributed by atoms with Gasteiger partial charge in [0.2, 0.25) is 0 Å². The van der Waals surface area contributed by atoms with Crippen LogP contribution in [0.15, 0.2) is 0 Å². The highest BCUT2D eigenvalue weighted by atomic mass is 16.5. The third-order valence-electron chi connectivity index (χ3n) is 2.98. The highest BCUT2D eigenvalue weighted by Crippen LogP contribution is 2.26. The molecule has 2 atom stereocenters. The molecule has 0 heterocycles. The number of esters is 1. The molecule has 0 saturated heterocycles. The molecule has 15 heavy (non-hydrogen) atoms. The lowest BCUT2D eigenvalue weighted by molar-refractivity contribution is -0.145. The zero-order valence-corrected chi connectivity index (χ0v) is 9.83. The van der Waals surface area contributed by atoms with Gasteiger partial charge in [0.25, 0.3) is 0 Å². The standard InChI is InChI=1S/C12H22O3/c1-3-14-12(13)8-9-15-11-7-5-4-6-10(11)2/h10-11H,3-9H2,1-2H3. The average molecular weight is 214 g/mol. The number of hydrogen-bond acceptors (Lipinski definition) is 3. The van der Waals surface area contributed by atoms with Gasteiger partial charge in [-0.1, -0.05) is 19.8 Å². The van der Waals surface area contributed by atoms with Crippen LogP contribution in [-0.4, -0.2) is 25.3 Å². The minimum Gasteiger partial charge on any atom is -0.466 e. The molecule has 2 unspecified atom stereocenters. The van der Waals surface area contributed by atoms with Gasteiger partial charge in [-0.25, -0.2) is 0 Å². The van der Waals surface area contributed by atoms with Crippen molar-refractivity contribution in [3.63, 3.8) is 0 Å². The van der Waals surface area contributed by atoms with Gasteiger partial charge in [0.05, 0.1) is 25.7 Å². The molecule has 0 spiro atoms. The second-order valence-corrected chi connectivity index (χ2v) is 4.23. The van der Waals surface area contributed by atoms with Crippen molar-refractivity contribution in [3.8, 4) is 0 Å². The fraction of sp³-hybridized carbons (Fsp3) is 0.917. The quantitative estimate of drug-likeness (QED) is 0.660. The Bertz CT molecular complexity index is 191. The Hall–Kier alpha value is -0.570. The average Bonchev–Trinajstić information content (AvgIpc) is 2.21. The lowest BCUT2D eigenvalue weighted by atomic mass is 9.88. The lowest BCUT2D eigenvalue weighted by Crippen LogP contribution is -2.26. The molecule has 0 N–H and O–H groups in total. The maximum absolute atomic E-state index is 11.1. The van der Waals surface area contributed by atoms with Gasteiger partial charge in [-0.3, -0.25) is 4.79 Å². The summed E-state index contributed by atoms with van der Waals surface area (Å²) in [6.45, 7) is 5.02. The van der Waals surface area contributed by atoms with Gasteiger partial charge in [0.15, 0.2) is 0 Å². The molecule has 0 aromatic rings. The first kappa shape index (κ1) is 12.5. The van der Waals surface area contributed by atoms with Gasteiger partial charge < -0.3 is 9.47 Å². The summed E-state index contributed by atoms with van der Waals surface area (Å²) < 4.78 is 10.6. The largest absolute Gasteiger partial charge is 0.466 e. The topological polar surface area (TPSA) is 35.5 Å². The molecule has 3 heteroatoms. The second kappa shape index (κ2) is 6.83. The molecule has 0 bridgehead atoms. The molecule has 3 nitrogen and oxygen atoms in total. The van der Waals surface area contributed by atoms with E-state index in [1.165, 1.54) is 19.3 Å². The number of rotatable bonds is 5. The fourth-order valence-corrected chi connectivity index (χ4v) is 2.06. The van der Waals surface area contributed by atoms with Crippen LogP contribution in [0.2, 0.25) is 0 Å². The van der Waals surface area contributed by atoms with Crippen molar-refractivity contribution in [2.45, 2.75) is 52.1 Å². The Labute approximate surface area is 92.1 Å². The summed E-state index contributed by atoms with van der Waals surface area (Å²) in [6.07, 6.45) is 5.71. The van der Waals surface area contributed by atoms with Crippen LogP contribution in [-0.2, 0) is 14.3 Å². The molecular weight excluding hydrogens is 192 g/mol. The van der Waals surface area contributed by atoms with Crippen LogP contribution in [0.5, 0.6) is 0 Å². The molecule has 1 rings (SSSR count). The number of hydrogen-bond donors (Lipinski definition) is 0. The highest BCUT2D eigenvalue weighted by molar-refractivity contribution is 5.69. The van der Waals surface area contributed by atoms with Crippen molar-refractivity contribution in [1.29, 1.82) is 0 Å². The minimum atomic E-state index is -0.152. The molecule has 0 aromatic carbocycles. The van der Waals surface area contributed by atoms with E-state index in [-0.39, 0.29) is 5.97 Å². The fourth-order valence-electron chi connectivity index (χ4n) is 2.06. The van der Waals surface area contributed by atoms with Gasteiger partial charge >= 0.3 is 5.97 Å². The van der Waals surface area contributed by atoms with Crippen LogP contribution in [0.1, 0.15) is 46.0 Å². The minimum absolute atomic E-state index is 0.152. The van der Waals surface area contributed by atoms with Crippen molar-refractivity contribution >= 4 is 5.97 Å². The van der Waals surface area contributed by atoms with Gasteiger partial charge in [-0.2, -0.15) is 0 Å². The summed E-state index contributed by atoms with van der Waals surface area (Å²) in [5.74, 6) is 0.488. The first-order valence-electron chi connectivity index (χ1n) is 6.01. The molecule has 1 saturated carbocycles. The van der Waals surface area contributed by atoms with E-state index in [0.29, 0.717) is 31.7 Å². The third-order valence-corrected chi connectivity index (χ3v) is 2.98. The Balaban J connectivity index is 2.10. The number of carbonyl (C=O) groups is 1. The van der Waals surface area contributed by atoms with E-state index in [9.17, 15) is 4.79 Å². The van der Waals surface area contributed by atoms with Crippen molar-refractivity contribution in [2.75, 3.05) is 13.2 Å². The predicted octanol–water partition coefficient (Wildman–Crippen LogP) is 2.53. The normalized spacial score (nSPS) is 26.3. The van der Waals surface area contributed by atoms with E-state index in [0.717, 1.165) is 6.42 Å². The van der Waals surface area contributed by atoms with E-state index in [4.69, 9.17) is 9.47 Å². The highest BCUT2D eigenvalue weighted by Gasteiger charge is 2.21. The van der Waals surface area contributed by atoms with E-state index in [1.807, 2.05) is 6.92 Å². The number of ether oxygens (including phenoxy) is 2. The van der Waals surface area contributed by atoms with Gasteiger partial charge in [-0.15, -0.1) is 0 Å². The van der Waals surface area contributed by atoms with Gasteiger partial charge in [-0.05, 0) is 25.7 Å². The lowest BCUT2D eigenvalue weighted by Gasteiger charge is -2.28. The predicted molar refractivity (Wildman–Crippen MR) is 58.6 cm³/mol. The molecule has 0 aromatic heterocycles. The van der Waals surface area contributed by atoms with E-state index >= 15 is 0 Å². The molecule has 0 radical (unpaired) electrons. The first-order valence-corrected chi connectivity index (χ1v) is 6.01. The van der Waals surface area contributed by atoms with Crippen LogP contribution >= 0.6 is 0 Å². The zero-order chi connectivity index (χ0) is 11.1. The third kappa shape index (κ3) is 4.65. The summed E-state index contributed by atoms with van der Waals surface area (Å²) >= 11 is 0. The SMILES string of the molecule is CCOC(=O)CCOC1CCCCC1C. The first-order chi connectivity index (χ1) is 7.24. The Kier molecular flexibility index (Phi) is 5.69. The maximum Gasteiger partial charge on any atom is 0.308 e. The molecule has 0 amide bonds. The van der Waals surface area contributed by atoms with Crippen molar-refractivity contribution in [2.24, 2.45) is 5.92 Å². The summed E-state index contributed by atoms with van der Waals surface area (Å²) in [7, 11) is 0. The Morgan fingerprint density at radius 2 is 2.07 bits per heavy atom. The Morgan fingerprint density at radius 1 is 1.33 bits per heavy atom. The monoisotopic (exact) mass is 214 g/mol. The second-order valence-electron chi connectivity index (χ2n) is 4.23. The molecule has 1 aliphatic rings. The molecular formula is C12H22O3. The van der Waals surface area contributed by atoms with E-state index in [1.54, 1.807) is 0 Å². The van der Waals surface area contributed by atoms with Crippen LogP contribution < -0.4 is 0 Å². The molecule has 1 fully saturated rings. The van der Waals surface area contributed by atoms with Crippen LogP contribution in [0.3, 0.4) is 0 Å². The van der Waals surface area contributed by atoms with Crippen LogP contribution in [0, 0.1) is 5.92 Å². The molecule has 0 aliphatic heterocycles. The van der Waals surface area contributed by atoms with Crippen molar-refractivity contribution in [1.82, 2.24) is 0 Å². The van der Waals surface area contributed by atoms with Gasteiger partial charge in [0, 0.05) is 0 Å². The number of carbonyl (C=O) groups excluding carboxylic acids is 1. The smallest absolute Gasteiger partial charge is 0.308 e. The van der Waals surface area contributed by atoms with Crippen molar-refractivity contribution in [3.05, 3.63) is 0 Å². The van der Waals surface area contributed by atoms with Gasteiger partial charge in [0.1, 0.15) is 0 Å². The van der Waals surface area contributed by atoms with E-state index in [2.05, 4.69) is 6.92 Å². The van der Waals surface area contributed by atoms with Crippen molar-refractivity contribution < 1.29 is 14.3 Å². The van der Waals surface area contributed by atoms with Crippen LogP contribution in [0.4, 0.5) is 0 Å². The zero-order valence-electron chi connectivity index (χ0n) is 9.83.